The lowest BCUT2D eigenvalue weighted by Crippen LogP contribution is -2.17. The zero-order valence-electron chi connectivity index (χ0n) is 12.6. The highest BCUT2D eigenvalue weighted by Gasteiger charge is 2.14. The van der Waals surface area contributed by atoms with Crippen LogP contribution in [0.1, 0.15) is 12.0 Å². The number of H-pyrrole nitrogens is 1. The molecule has 0 saturated heterocycles. The van der Waals surface area contributed by atoms with E-state index in [1.165, 1.54) is 28.5 Å². The molecule has 24 heavy (non-hydrogen) atoms. The molecule has 0 saturated carbocycles. The lowest BCUT2D eigenvalue weighted by molar-refractivity contribution is 0.626. The normalized spacial score (nSPS) is 11.2. The van der Waals surface area contributed by atoms with E-state index in [1.807, 2.05) is 0 Å². The summed E-state index contributed by atoms with van der Waals surface area (Å²) < 4.78 is 14.5. The molecule has 0 aliphatic heterocycles. The maximum absolute atomic E-state index is 13.0. The van der Waals surface area contributed by atoms with Crippen molar-refractivity contribution in [3.05, 3.63) is 46.1 Å². The molecule has 0 unspecified atom stereocenters. The number of fused-ring (bicyclic) bond motifs is 1. The van der Waals surface area contributed by atoms with Crippen molar-refractivity contribution in [3.63, 3.8) is 0 Å². The number of anilines is 1. The monoisotopic (exact) mass is 367 g/mol. The molecule has 2 heterocycles. The molecule has 0 aliphatic rings. The summed E-state index contributed by atoms with van der Waals surface area (Å²) in [6.07, 6.45) is 0.822. The Bertz CT molecular complexity index is 909. The topological polar surface area (TPSA) is 89.6 Å². The molecule has 6 nitrogen and oxygen atoms in total. The first kappa shape index (κ1) is 16.8. The van der Waals surface area contributed by atoms with Crippen LogP contribution in [0.4, 0.5) is 10.2 Å². The van der Waals surface area contributed by atoms with Crippen molar-refractivity contribution in [2.24, 2.45) is 0 Å². The number of halogens is 2. The second kappa shape index (κ2) is 7.23. The molecule has 3 aromatic rings. The Labute approximate surface area is 146 Å². The number of thioether (sulfide) groups is 1. The number of alkyl halides is 1. The largest absolute Gasteiger partial charge is 0.382 e. The van der Waals surface area contributed by atoms with Crippen molar-refractivity contribution in [1.29, 1.82) is 0 Å². The SMILES string of the molecule is Nc1nc(SCCCCl)nc2c1[nH]c(=O)n2Cc1ccc(F)cc1. The fourth-order valence-electron chi connectivity index (χ4n) is 2.23. The molecule has 0 aliphatic carbocycles. The first-order valence-electron chi connectivity index (χ1n) is 7.27. The molecule has 0 fully saturated rings. The molecule has 9 heteroatoms. The number of nitrogens with zero attached hydrogens (tertiary/aromatic N) is 3. The Hall–Kier alpha value is -2.06. The van der Waals surface area contributed by atoms with Crippen LogP contribution >= 0.6 is 23.4 Å². The molecule has 2 aromatic heterocycles. The fourth-order valence-corrected chi connectivity index (χ4v) is 3.31. The Morgan fingerprint density at radius 1 is 1.29 bits per heavy atom. The van der Waals surface area contributed by atoms with Crippen LogP contribution in [0.2, 0.25) is 0 Å². The molecule has 0 atom stereocenters. The van der Waals surface area contributed by atoms with Gasteiger partial charge in [-0.1, -0.05) is 23.9 Å². The van der Waals surface area contributed by atoms with Crippen LogP contribution in [0.25, 0.3) is 11.2 Å². The van der Waals surface area contributed by atoms with E-state index in [9.17, 15) is 9.18 Å². The van der Waals surface area contributed by atoms with Gasteiger partial charge in [-0.05, 0) is 24.1 Å². The lowest BCUT2D eigenvalue weighted by atomic mass is 10.2. The number of hydrogen-bond donors (Lipinski definition) is 2. The number of hydrogen-bond acceptors (Lipinski definition) is 5. The Morgan fingerprint density at radius 2 is 2.04 bits per heavy atom. The van der Waals surface area contributed by atoms with Crippen molar-refractivity contribution in [2.45, 2.75) is 18.1 Å². The molecule has 1 aromatic carbocycles. The van der Waals surface area contributed by atoms with Gasteiger partial charge in [-0.25, -0.2) is 19.2 Å². The Balaban J connectivity index is 1.98. The van der Waals surface area contributed by atoms with Crippen molar-refractivity contribution < 1.29 is 4.39 Å². The summed E-state index contributed by atoms with van der Waals surface area (Å²) in [6, 6.07) is 5.96. The summed E-state index contributed by atoms with van der Waals surface area (Å²) in [4.78, 5) is 23.5. The Morgan fingerprint density at radius 3 is 2.75 bits per heavy atom. The molecule has 0 radical (unpaired) electrons. The van der Waals surface area contributed by atoms with Crippen molar-refractivity contribution in [1.82, 2.24) is 19.5 Å². The number of nitrogens with one attached hydrogen (secondary N) is 1. The number of benzene rings is 1. The van der Waals surface area contributed by atoms with Gasteiger partial charge >= 0.3 is 5.69 Å². The van der Waals surface area contributed by atoms with E-state index in [0.29, 0.717) is 22.2 Å². The molecule has 0 spiro atoms. The van der Waals surface area contributed by atoms with Crippen LogP contribution in [-0.4, -0.2) is 31.2 Å². The van der Waals surface area contributed by atoms with Gasteiger partial charge in [0.15, 0.2) is 16.6 Å². The van der Waals surface area contributed by atoms with Gasteiger partial charge in [0.1, 0.15) is 11.3 Å². The van der Waals surface area contributed by atoms with E-state index in [0.717, 1.165) is 17.7 Å². The number of imidazole rings is 1. The molecular formula is C15H15ClFN5OS. The standard InChI is InChI=1S/C15H15ClFN5OS/c16-6-1-7-24-14-20-12(18)11-13(21-14)22(15(23)19-11)8-9-2-4-10(17)5-3-9/h2-5H,1,6-8H2,(H,19,23)(H2,18,20,21). The molecule has 3 N–H and O–H groups in total. The second-order valence-corrected chi connectivity index (χ2v) is 6.56. The van der Waals surface area contributed by atoms with E-state index in [1.54, 1.807) is 12.1 Å². The summed E-state index contributed by atoms with van der Waals surface area (Å²) in [5.41, 5.74) is 7.22. The molecule has 126 valence electrons. The zero-order valence-corrected chi connectivity index (χ0v) is 14.2. The number of aromatic nitrogens is 4. The minimum Gasteiger partial charge on any atom is -0.382 e. The van der Waals surface area contributed by atoms with E-state index in [2.05, 4.69) is 15.0 Å². The summed E-state index contributed by atoms with van der Waals surface area (Å²) >= 11 is 7.10. The predicted octanol–water partition coefficient (Wildman–Crippen LogP) is 2.61. The van der Waals surface area contributed by atoms with Gasteiger partial charge in [0, 0.05) is 11.6 Å². The lowest BCUT2D eigenvalue weighted by Gasteiger charge is -2.05. The summed E-state index contributed by atoms with van der Waals surface area (Å²) in [5, 5.41) is 0.497. The fraction of sp³-hybridized carbons (Fsp3) is 0.267. The smallest absolute Gasteiger partial charge is 0.328 e. The van der Waals surface area contributed by atoms with E-state index in [4.69, 9.17) is 17.3 Å². The second-order valence-electron chi connectivity index (χ2n) is 5.12. The number of nitrogen functional groups attached to an aromatic ring is 1. The Kier molecular flexibility index (Phi) is 5.06. The first-order valence-corrected chi connectivity index (χ1v) is 8.79. The number of nitrogens with two attached hydrogens (primary N) is 1. The summed E-state index contributed by atoms with van der Waals surface area (Å²) in [6.45, 7) is 0.265. The third-order valence-corrected chi connectivity index (χ3v) is 4.59. The minimum absolute atomic E-state index is 0.225. The van der Waals surface area contributed by atoms with Crippen LogP contribution in [0.5, 0.6) is 0 Å². The van der Waals surface area contributed by atoms with Crippen molar-refractivity contribution in [3.8, 4) is 0 Å². The summed E-state index contributed by atoms with van der Waals surface area (Å²) in [5.74, 6) is 1.23. The maximum atomic E-state index is 13.0. The van der Waals surface area contributed by atoms with Gasteiger partial charge in [-0.15, -0.1) is 11.6 Å². The molecular weight excluding hydrogens is 353 g/mol. The van der Waals surface area contributed by atoms with E-state index >= 15 is 0 Å². The molecule has 0 bridgehead atoms. The average Bonchev–Trinajstić information content (AvgIpc) is 2.87. The number of rotatable bonds is 6. The summed E-state index contributed by atoms with van der Waals surface area (Å²) in [7, 11) is 0. The van der Waals surface area contributed by atoms with Crippen LogP contribution in [0, 0.1) is 5.82 Å². The quantitative estimate of drug-likeness (QED) is 0.302. The van der Waals surface area contributed by atoms with Crippen molar-refractivity contribution in [2.75, 3.05) is 17.4 Å². The van der Waals surface area contributed by atoms with Crippen LogP contribution in [0.3, 0.4) is 0 Å². The van der Waals surface area contributed by atoms with E-state index in [-0.39, 0.29) is 23.9 Å². The van der Waals surface area contributed by atoms with Crippen LogP contribution in [0.15, 0.2) is 34.2 Å². The first-order chi connectivity index (χ1) is 11.6. The zero-order chi connectivity index (χ0) is 17.1. The highest BCUT2D eigenvalue weighted by molar-refractivity contribution is 7.99. The third-order valence-electron chi connectivity index (χ3n) is 3.39. The van der Waals surface area contributed by atoms with Gasteiger partial charge in [0.2, 0.25) is 0 Å². The van der Waals surface area contributed by atoms with Gasteiger partial charge in [0.05, 0.1) is 6.54 Å². The third kappa shape index (κ3) is 3.54. The van der Waals surface area contributed by atoms with Gasteiger partial charge in [-0.3, -0.25) is 4.57 Å². The molecule has 0 amide bonds. The van der Waals surface area contributed by atoms with Gasteiger partial charge in [-0.2, -0.15) is 0 Å². The highest BCUT2D eigenvalue weighted by Crippen LogP contribution is 2.21. The van der Waals surface area contributed by atoms with E-state index < -0.39 is 0 Å². The maximum Gasteiger partial charge on any atom is 0.328 e. The van der Waals surface area contributed by atoms with Gasteiger partial charge in [0.25, 0.3) is 0 Å². The van der Waals surface area contributed by atoms with Crippen molar-refractivity contribution >= 4 is 40.3 Å². The minimum atomic E-state index is -0.335. The van der Waals surface area contributed by atoms with Crippen LogP contribution in [-0.2, 0) is 6.54 Å². The average molecular weight is 368 g/mol. The highest BCUT2D eigenvalue weighted by atomic mass is 35.5. The van der Waals surface area contributed by atoms with Crippen LogP contribution < -0.4 is 11.4 Å². The molecule has 3 rings (SSSR count). The predicted molar refractivity (Wildman–Crippen MR) is 94.1 cm³/mol. The number of aromatic amines is 1. The van der Waals surface area contributed by atoms with Gasteiger partial charge < -0.3 is 10.7 Å².